The lowest BCUT2D eigenvalue weighted by Crippen LogP contribution is -2.47. The number of ether oxygens (including phenoxy) is 1. The second kappa shape index (κ2) is 26.2. The van der Waals surface area contributed by atoms with Gasteiger partial charge in [-0.2, -0.15) is 0 Å². The highest BCUT2D eigenvalue weighted by Gasteiger charge is 2.63. The molecule has 14 heteroatoms. The van der Waals surface area contributed by atoms with E-state index in [9.17, 15) is 20.4 Å². The van der Waals surface area contributed by atoms with E-state index in [1.54, 1.807) is 6.07 Å². The average molecular weight is 1150 g/mol. The van der Waals surface area contributed by atoms with E-state index in [-0.39, 0.29) is 47.8 Å². The number of hydrogen-bond acceptors (Lipinski definition) is 11. The predicted molar refractivity (Wildman–Crippen MR) is 331 cm³/mol. The highest BCUT2D eigenvalue weighted by atomic mass is 33.1. The second-order valence-corrected chi connectivity index (χ2v) is 30.6. The first kappa shape index (κ1) is 59.6. The molecule has 1 aromatic carbocycles. The number of aliphatic imine (C=N–C) groups is 1. The van der Waals surface area contributed by atoms with Crippen LogP contribution in [0.5, 0.6) is 11.5 Å². The Hall–Kier alpha value is -3.11. The van der Waals surface area contributed by atoms with E-state index < -0.39 is 12.2 Å². The maximum atomic E-state index is 11.8. The number of aromatic nitrogens is 1. The predicted octanol–water partition coefficient (Wildman–Crippen LogP) is 12.4. The number of rotatable bonds is 19. The van der Waals surface area contributed by atoms with Gasteiger partial charge in [-0.1, -0.05) is 99.1 Å². The molecule has 8 aliphatic carbocycles. The van der Waals surface area contributed by atoms with E-state index in [1.165, 1.54) is 120 Å². The van der Waals surface area contributed by atoms with Gasteiger partial charge in [-0.15, -0.1) is 0 Å². The van der Waals surface area contributed by atoms with Gasteiger partial charge in [-0.25, -0.2) is 4.99 Å². The molecule has 1 saturated heterocycles. The molecule has 16 atom stereocenters. The zero-order valence-corrected chi connectivity index (χ0v) is 51.2. The SMILES string of the molecule is CC(C)CC1CCCC(NC(N)=NC2CSSCC3C(N)CC4CC(CCc5oc(CCc6ccc(O)c(OCC(O)c7cc8c([nH]7)C7C=CC9(CCCC9C79CCCC9)C8CNCC(C)O)c6)cc5CO)CCC3C4CCC2C)C1. The molecule has 0 radical (unpaired) electrons. The van der Waals surface area contributed by atoms with Gasteiger partial charge in [-0.3, -0.25) is 0 Å². The molecule has 1 aliphatic heterocycles. The number of aromatic hydroxyl groups is 1. The number of aliphatic hydroxyl groups is 3. The molecule has 5 saturated carbocycles. The largest absolute Gasteiger partial charge is 0.504 e. The third-order valence-electron chi connectivity index (χ3n) is 22.4. The first-order chi connectivity index (χ1) is 39.2. The number of aliphatic hydroxyl groups excluding tert-OH is 3. The Morgan fingerprint density at radius 2 is 1.72 bits per heavy atom. The summed E-state index contributed by atoms with van der Waals surface area (Å²) >= 11 is 0. The lowest BCUT2D eigenvalue weighted by Gasteiger charge is -2.52. The molecule has 3 aromatic rings. The number of aromatic amines is 1. The number of nitrogens with one attached hydrogen (secondary N) is 3. The van der Waals surface area contributed by atoms with E-state index >= 15 is 0 Å². The van der Waals surface area contributed by atoms with Crippen LogP contribution in [-0.4, -0.2) is 86.8 Å². The monoisotopic (exact) mass is 1150 g/mol. The second-order valence-electron chi connectivity index (χ2n) is 28.0. The van der Waals surface area contributed by atoms with Gasteiger partial charge in [0.2, 0.25) is 0 Å². The molecule has 6 fully saturated rings. The number of nitrogens with zero attached hydrogens (tertiary/aromatic N) is 1. The van der Waals surface area contributed by atoms with Gasteiger partial charge in [0.05, 0.1) is 18.8 Å². The first-order valence-electron chi connectivity index (χ1n) is 32.4. The van der Waals surface area contributed by atoms with Crippen LogP contribution in [0.15, 0.2) is 51.9 Å². The first-order valence-corrected chi connectivity index (χ1v) is 34.9. The van der Waals surface area contributed by atoms with Crippen molar-refractivity contribution in [3.63, 3.8) is 0 Å². The topological polar surface area (TPSA) is 208 Å². The van der Waals surface area contributed by atoms with Crippen molar-refractivity contribution in [2.24, 2.45) is 80.6 Å². The molecule has 448 valence electrons. The third kappa shape index (κ3) is 13.0. The smallest absolute Gasteiger partial charge is 0.189 e. The van der Waals surface area contributed by atoms with Crippen LogP contribution in [-0.2, 0) is 25.9 Å². The Bertz CT molecular complexity index is 2610. The van der Waals surface area contributed by atoms with Crippen molar-refractivity contribution in [3.8, 4) is 11.5 Å². The molecule has 9 aliphatic rings. The minimum absolute atomic E-state index is 0.000422. The zero-order valence-electron chi connectivity index (χ0n) is 49.6. The Morgan fingerprint density at radius 3 is 2.53 bits per heavy atom. The van der Waals surface area contributed by atoms with Crippen LogP contribution in [0.3, 0.4) is 0 Å². The van der Waals surface area contributed by atoms with E-state index in [1.807, 2.05) is 46.7 Å². The average Bonchev–Trinajstić information content (AvgIpc) is 2.27. The van der Waals surface area contributed by atoms with Crippen LogP contribution in [0.25, 0.3) is 0 Å². The fraction of sp³-hybridized carbons (Fsp3) is 0.746. The summed E-state index contributed by atoms with van der Waals surface area (Å²) < 4.78 is 12.9. The van der Waals surface area contributed by atoms with Crippen molar-refractivity contribution in [2.45, 2.75) is 218 Å². The molecular formula is C67H102N6O6S2. The van der Waals surface area contributed by atoms with Crippen LogP contribution in [0.1, 0.15) is 207 Å². The van der Waals surface area contributed by atoms with Crippen LogP contribution in [0.2, 0.25) is 0 Å². The quantitative estimate of drug-likeness (QED) is 0.0238. The van der Waals surface area contributed by atoms with Crippen LogP contribution in [0, 0.1) is 64.1 Å². The van der Waals surface area contributed by atoms with E-state index in [2.05, 4.69) is 54.6 Å². The van der Waals surface area contributed by atoms with E-state index in [0.29, 0.717) is 84.5 Å². The standard InChI is InChI=1S/C67H102N6O6S2/c1-40(2)27-45-9-7-10-48(29-45)71-65(69)73-58-39-81-80-38-53-51-19-14-43(28-46(32-56(53)68)50(51)18-12-41(58)3)16-21-61-47(36-74)31-49(79-61)17-13-44-15-20-59(76)62(30-44)78-37-60(77)57-33-52-55(35-70-34-42(4)75)67-25-8-11-63(67)66(23-5-6-24-66)54(22-26-67)64(52)72-57/h15,20,22,26,30-31,33,40-43,45-46,48,50-51,53-56,58,60,63,70,72,74-77H,5-14,16-19,21,23-25,27-29,32,34-39,68H2,1-4H3,(H3,69,71,73). The molecular weight excluding hydrogens is 1050 g/mol. The summed E-state index contributed by atoms with van der Waals surface area (Å²) in [5.74, 6) is 11.2. The van der Waals surface area contributed by atoms with Crippen LogP contribution >= 0.6 is 21.6 Å². The number of H-pyrrole nitrogens is 1. The fourth-order valence-corrected chi connectivity index (χ4v) is 21.4. The Balaban J connectivity index is 0.694. The minimum atomic E-state index is -0.913. The molecule has 0 amide bonds. The number of furan rings is 1. The third-order valence-corrected chi connectivity index (χ3v) is 24.9. The molecule has 12 rings (SSSR count). The molecule has 3 heterocycles. The lowest BCUT2D eigenvalue weighted by molar-refractivity contribution is 0.0440. The number of allylic oxidation sites excluding steroid dienone is 2. The molecule has 81 heavy (non-hydrogen) atoms. The molecule has 2 spiro atoms. The summed E-state index contributed by atoms with van der Waals surface area (Å²) in [4.78, 5) is 9.03. The maximum absolute atomic E-state index is 11.8. The summed E-state index contributed by atoms with van der Waals surface area (Å²) in [7, 11) is 4.01. The molecule has 12 nitrogen and oxygen atoms in total. The number of phenolic OH excluding ortho intramolecular Hbond substituents is 1. The number of benzene rings is 1. The van der Waals surface area contributed by atoms with Gasteiger partial charge in [0, 0.05) is 78.3 Å². The summed E-state index contributed by atoms with van der Waals surface area (Å²) in [5.41, 5.74) is 19.4. The number of hydrogen-bond donors (Lipinski definition) is 9. The van der Waals surface area contributed by atoms with Crippen molar-refractivity contribution >= 4 is 27.5 Å². The maximum Gasteiger partial charge on any atom is 0.189 e. The summed E-state index contributed by atoms with van der Waals surface area (Å²) in [5, 5.41) is 51.0. The van der Waals surface area contributed by atoms with Crippen molar-refractivity contribution < 1.29 is 29.6 Å². The summed E-state index contributed by atoms with van der Waals surface area (Å²) in [6.07, 6.45) is 29.3. The molecule has 11 N–H and O–H groups in total. The van der Waals surface area contributed by atoms with Crippen molar-refractivity contribution in [1.29, 1.82) is 0 Å². The van der Waals surface area contributed by atoms with E-state index in [0.717, 1.165) is 77.5 Å². The van der Waals surface area contributed by atoms with Crippen LogP contribution < -0.4 is 26.8 Å². The number of phenols is 1. The molecule has 16 unspecified atom stereocenters. The van der Waals surface area contributed by atoms with Gasteiger partial charge in [-0.05, 0) is 196 Å². The molecule has 6 bridgehead atoms. The van der Waals surface area contributed by atoms with Gasteiger partial charge in [0.1, 0.15) is 24.2 Å². The van der Waals surface area contributed by atoms with E-state index in [4.69, 9.17) is 25.6 Å². The summed E-state index contributed by atoms with van der Waals surface area (Å²) in [6, 6.07) is 10.6. The number of nitrogens with two attached hydrogens (primary N) is 2. The zero-order chi connectivity index (χ0) is 56.4. The lowest BCUT2D eigenvalue weighted by atomic mass is 9.52. The fourth-order valence-electron chi connectivity index (χ4n) is 18.6. The highest BCUT2D eigenvalue weighted by Crippen LogP contribution is 2.72. The Morgan fingerprint density at radius 1 is 0.889 bits per heavy atom. The Kier molecular flexibility index (Phi) is 19.3. The van der Waals surface area contributed by atoms with Crippen molar-refractivity contribution in [3.05, 3.63) is 82.1 Å². The Labute approximate surface area is 493 Å². The van der Waals surface area contributed by atoms with Crippen LogP contribution in [0.4, 0.5) is 0 Å². The van der Waals surface area contributed by atoms with Crippen molar-refractivity contribution in [2.75, 3.05) is 31.2 Å². The number of guanidine groups is 1. The normalized spacial score (nSPS) is 34.5. The van der Waals surface area contributed by atoms with Gasteiger partial charge < -0.3 is 56.7 Å². The number of aryl methyl sites for hydroxylation is 3. The summed E-state index contributed by atoms with van der Waals surface area (Å²) in [6.45, 7) is 10.2. The van der Waals surface area contributed by atoms with Gasteiger partial charge in [0.25, 0.3) is 0 Å². The van der Waals surface area contributed by atoms with Gasteiger partial charge in [0.15, 0.2) is 17.5 Å². The van der Waals surface area contributed by atoms with Gasteiger partial charge >= 0.3 is 0 Å². The molecule has 2 aromatic heterocycles. The minimum Gasteiger partial charge on any atom is -0.504 e. The highest BCUT2D eigenvalue weighted by molar-refractivity contribution is 8.76. The van der Waals surface area contributed by atoms with Crippen molar-refractivity contribution in [1.82, 2.24) is 15.6 Å².